The van der Waals surface area contributed by atoms with E-state index in [1.54, 1.807) is 11.1 Å². The quantitative estimate of drug-likeness (QED) is 0.719. The van der Waals surface area contributed by atoms with Gasteiger partial charge in [-0.1, -0.05) is 6.07 Å². The molecule has 2 fully saturated rings. The molecule has 0 aliphatic carbocycles. The monoisotopic (exact) mass is 404 g/mol. The van der Waals surface area contributed by atoms with Crippen LogP contribution in [0.5, 0.6) is 5.88 Å². The highest BCUT2D eigenvalue weighted by molar-refractivity contribution is 6.62. The van der Waals surface area contributed by atoms with Gasteiger partial charge in [-0.3, -0.25) is 0 Å². The number of pyridine rings is 1. The van der Waals surface area contributed by atoms with Crippen LogP contribution in [0, 0.1) is 12.8 Å². The van der Waals surface area contributed by atoms with E-state index >= 15 is 0 Å². The Morgan fingerprint density at radius 1 is 1.24 bits per heavy atom. The first-order chi connectivity index (χ1) is 13.3. The molecule has 3 rings (SSSR count). The highest BCUT2D eigenvalue weighted by Crippen LogP contribution is 2.36. The van der Waals surface area contributed by atoms with Crippen LogP contribution in [0.2, 0.25) is 0 Å². The minimum absolute atomic E-state index is 0.269. The summed E-state index contributed by atoms with van der Waals surface area (Å²) in [7, 11) is -0.436. The molecule has 160 valence electrons. The zero-order valence-electron chi connectivity index (χ0n) is 18.9. The summed E-state index contributed by atoms with van der Waals surface area (Å²) in [6.45, 7) is 17.5. The van der Waals surface area contributed by atoms with Crippen LogP contribution < -0.4 is 10.2 Å². The maximum atomic E-state index is 12.0. The SMILES string of the molecule is Cc1cc(B2OC(C)(C)C(C)(C)O2)cnc1OCC1CN(C(=O)OC(C)(C)C)C1. The molecule has 3 heterocycles. The van der Waals surface area contributed by atoms with Crippen molar-refractivity contribution in [3.8, 4) is 5.88 Å². The summed E-state index contributed by atoms with van der Waals surface area (Å²) in [5.41, 5.74) is 0.572. The molecule has 8 heteroatoms. The molecule has 0 radical (unpaired) electrons. The molecule has 1 aromatic rings. The summed E-state index contributed by atoms with van der Waals surface area (Å²) in [5.74, 6) is 0.882. The first kappa shape index (κ1) is 21.9. The maximum Gasteiger partial charge on any atom is 0.496 e. The van der Waals surface area contributed by atoms with E-state index in [-0.39, 0.29) is 23.2 Å². The molecule has 0 atom stereocenters. The average Bonchev–Trinajstić information content (AvgIpc) is 2.73. The lowest BCUT2D eigenvalue weighted by atomic mass is 9.80. The van der Waals surface area contributed by atoms with E-state index in [9.17, 15) is 4.79 Å². The molecule has 29 heavy (non-hydrogen) atoms. The highest BCUT2D eigenvalue weighted by atomic mass is 16.7. The topological polar surface area (TPSA) is 70.1 Å². The van der Waals surface area contributed by atoms with Gasteiger partial charge in [0.1, 0.15) is 5.60 Å². The molecule has 0 N–H and O–H groups in total. The van der Waals surface area contributed by atoms with Gasteiger partial charge in [0, 0.05) is 36.2 Å². The second-order valence-electron chi connectivity index (χ2n) is 10.0. The van der Waals surface area contributed by atoms with Gasteiger partial charge < -0.3 is 23.7 Å². The number of carbonyl (C=O) groups excluding carboxylic acids is 1. The van der Waals surface area contributed by atoms with E-state index in [1.165, 1.54) is 0 Å². The average molecular weight is 404 g/mol. The van der Waals surface area contributed by atoms with Crippen LogP contribution in [0.4, 0.5) is 4.79 Å². The molecule has 2 aliphatic rings. The largest absolute Gasteiger partial charge is 0.496 e. The van der Waals surface area contributed by atoms with Gasteiger partial charge >= 0.3 is 13.2 Å². The van der Waals surface area contributed by atoms with Crippen molar-refractivity contribution in [1.82, 2.24) is 9.88 Å². The van der Waals surface area contributed by atoms with E-state index < -0.39 is 12.7 Å². The summed E-state index contributed by atoms with van der Waals surface area (Å²) in [6.07, 6.45) is 1.48. The Labute approximate surface area is 174 Å². The Morgan fingerprint density at radius 3 is 2.34 bits per heavy atom. The Bertz CT molecular complexity index is 753. The fraction of sp³-hybridized carbons (Fsp3) is 0.714. The predicted octanol–water partition coefficient (Wildman–Crippen LogP) is 2.93. The van der Waals surface area contributed by atoms with Gasteiger partial charge in [0.05, 0.1) is 17.8 Å². The molecular formula is C21H33BN2O5. The Morgan fingerprint density at radius 2 is 1.83 bits per heavy atom. The first-order valence-corrected chi connectivity index (χ1v) is 10.2. The number of amides is 1. The Kier molecular flexibility index (Phi) is 5.64. The summed E-state index contributed by atoms with van der Waals surface area (Å²) in [4.78, 5) is 18.2. The number of aromatic nitrogens is 1. The van der Waals surface area contributed by atoms with Gasteiger partial charge in [-0.15, -0.1) is 0 Å². The summed E-state index contributed by atoms with van der Waals surface area (Å²) >= 11 is 0. The van der Waals surface area contributed by atoms with Crippen molar-refractivity contribution in [2.75, 3.05) is 19.7 Å². The van der Waals surface area contributed by atoms with Gasteiger partial charge in [-0.05, 0) is 55.4 Å². The Hall–Kier alpha value is -1.80. The van der Waals surface area contributed by atoms with Crippen molar-refractivity contribution < 1.29 is 23.6 Å². The lowest BCUT2D eigenvalue weighted by Gasteiger charge is -2.39. The molecule has 1 amide bonds. The lowest BCUT2D eigenvalue weighted by Crippen LogP contribution is -2.53. The molecule has 0 spiro atoms. The van der Waals surface area contributed by atoms with E-state index in [1.807, 2.05) is 61.5 Å². The number of hydrogen-bond acceptors (Lipinski definition) is 6. The minimum Gasteiger partial charge on any atom is -0.477 e. The standard InChI is InChI=1S/C21H33BN2O5/c1-14-9-16(22-28-20(5,6)21(7,8)29-22)10-23-17(14)26-13-15-11-24(12-15)18(25)27-19(2,3)4/h9-10,15H,11-13H2,1-8H3. The van der Waals surface area contributed by atoms with Crippen molar-refractivity contribution in [3.05, 3.63) is 17.8 Å². The summed E-state index contributed by atoms with van der Waals surface area (Å²) < 4.78 is 23.4. The maximum absolute atomic E-state index is 12.0. The highest BCUT2D eigenvalue weighted by Gasteiger charge is 2.51. The molecule has 2 aliphatic heterocycles. The number of rotatable bonds is 4. The van der Waals surface area contributed by atoms with Crippen LogP contribution in [-0.2, 0) is 14.0 Å². The third-order valence-electron chi connectivity index (χ3n) is 5.64. The van der Waals surface area contributed by atoms with E-state index in [0.717, 1.165) is 11.0 Å². The van der Waals surface area contributed by atoms with Gasteiger partial charge in [-0.2, -0.15) is 0 Å². The van der Waals surface area contributed by atoms with Crippen molar-refractivity contribution in [1.29, 1.82) is 0 Å². The van der Waals surface area contributed by atoms with E-state index in [0.29, 0.717) is 25.6 Å². The molecule has 0 aromatic carbocycles. The number of likely N-dealkylation sites (tertiary alicyclic amines) is 1. The number of carbonyl (C=O) groups is 1. The fourth-order valence-corrected chi connectivity index (χ4v) is 3.19. The molecule has 1 aromatic heterocycles. The second kappa shape index (κ2) is 7.47. The first-order valence-electron chi connectivity index (χ1n) is 10.2. The van der Waals surface area contributed by atoms with Gasteiger partial charge in [0.2, 0.25) is 5.88 Å². The Balaban J connectivity index is 1.51. The smallest absolute Gasteiger partial charge is 0.477 e. The van der Waals surface area contributed by atoms with E-state index in [4.69, 9.17) is 18.8 Å². The van der Waals surface area contributed by atoms with Crippen molar-refractivity contribution >= 4 is 18.7 Å². The molecule has 2 saturated heterocycles. The van der Waals surface area contributed by atoms with Crippen molar-refractivity contribution in [2.24, 2.45) is 5.92 Å². The fourth-order valence-electron chi connectivity index (χ4n) is 3.19. The normalized spacial score (nSPS) is 21.1. The van der Waals surface area contributed by atoms with Crippen LogP contribution in [0.15, 0.2) is 12.3 Å². The number of nitrogens with zero attached hydrogens (tertiary/aromatic N) is 2. The van der Waals surface area contributed by atoms with Crippen molar-refractivity contribution in [2.45, 2.75) is 72.2 Å². The van der Waals surface area contributed by atoms with Crippen LogP contribution >= 0.6 is 0 Å². The van der Waals surface area contributed by atoms with Crippen LogP contribution in [0.25, 0.3) is 0 Å². The number of ether oxygens (including phenoxy) is 2. The summed E-state index contributed by atoms with van der Waals surface area (Å²) in [5, 5.41) is 0. The lowest BCUT2D eigenvalue weighted by molar-refractivity contribution is -0.00812. The molecule has 7 nitrogen and oxygen atoms in total. The second-order valence-corrected chi connectivity index (χ2v) is 10.0. The molecular weight excluding hydrogens is 371 g/mol. The zero-order valence-corrected chi connectivity index (χ0v) is 18.9. The number of hydrogen-bond donors (Lipinski definition) is 0. The van der Waals surface area contributed by atoms with Crippen LogP contribution in [0.3, 0.4) is 0 Å². The number of aryl methyl sites for hydroxylation is 1. The molecule has 0 unspecified atom stereocenters. The minimum atomic E-state index is -0.474. The molecule has 0 saturated carbocycles. The molecule has 0 bridgehead atoms. The van der Waals surface area contributed by atoms with Gasteiger partial charge in [0.15, 0.2) is 0 Å². The van der Waals surface area contributed by atoms with Gasteiger partial charge in [0.25, 0.3) is 0 Å². The van der Waals surface area contributed by atoms with Crippen LogP contribution in [-0.4, -0.2) is 59.6 Å². The van der Waals surface area contributed by atoms with Crippen LogP contribution in [0.1, 0.15) is 54.0 Å². The summed E-state index contributed by atoms with van der Waals surface area (Å²) in [6, 6.07) is 2.00. The predicted molar refractivity (Wildman–Crippen MR) is 111 cm³/mol. The van der Waals surface area contributed by atoms with Crippen molar-refractivity contribution in [3.63, 3.8) is 0 Å². The van der Waals surface area contributed by atoms with Gasteiger partial charge in [-0.25, -0.2) is 9.78 Å². The zero-order chi connectivity index (χ0) is 21.6. The third kappa shape index (κ3) is 4.86. The van der Waals surface area contributed by atoms with E-state index in [2.05, 4.69) is 4.98 Å². The third-order valence-corrected chi connectivity index (χ3v) is 5.64.